The number of piperidine rings is 1. The standard InChI is InChI=1S/C18H18ClF3N2O4S/c1-11-6-9-28-16(11)17(25)23-13-4-7-24(8-5-13)29(26,27)15-10-12(18(20,21)22)2-3-14(15)19/h2-3,6,9-10,13H,4-5,7-8H2,1H3,(H,23,25). The molecule has 1 aliphatic rings. The van der Waals surface area contributed by atoms with Crippen molar-refractivity contribution in [2.45, 2.75) is 36.9 Å². The van der Waals surface area contributed by atoms with E-state index in [4.69, 9.17) is 16.0 Å². The summed E-state index contributed by atoms with van der Waals surface area (Å²) in [7, 11) is -4.21. The van der Waals surface area contributed by atoms with Gasteiger partial charge in [0, 0.05) is 24.7 Å². The molecule has 29 heavy (non-hydrogen) atoms. The summed E-state index contributed by atoms with van der Waals surface area (Å²) in [5.74, 6) is -0.203. The van der Waals surface area contributed by atoms with E-state index in [0.717, 1.165) is 16.4 Å². The molecule has 2 aromatic rings. The molecule has 1 N–H and O–H groups in total. The number of halogens is 4. The number of nitrogens with one attached hydrogen (secondary N) is 1. The molecule has 0 saturated carbocycles. The Kier molecular flexibility index (Phi) is 5.98. The first-order chi connectivity index (χ1) is 13.5. The van der Waals surface area contributed by atoms with Crippen molar-refractivity contribution in [2.75, 3.05) is 13.1 Å². The predicted molar refractivity (Wildman–Crippen MR) is 99.1 cm³/mol. The molecule has 0 bridgehead atoms. The highest BCUT2D eigenvalue weighted by Gasteiger charge is 2.36. The highest BCUT2D eigenvalue weighted by atomic mass is 35.5. The third-order valence-corrected chi connectivity index (χ3v) is 7.11. The van der Waals surface area contributed by atoms with Crippen molar-refractivity contribution in [3.8, 4) is 0 Å². The number of carbonyl (C=O) groups excluding carboxylic acids is 1. The van der Waals surface area contributed by atoms with E-state index in [1.807, 2.05) is 0 Å². The van der Waals surface area contributed by atoms with Crippen molar-refractivity contribution >= 4 is 27.5 Å². The lowest BCUT2D eigenvalue weighted by Crippen LogP contribution is -2.46. The lowest BCUT2D eigenvalue weighted by molar-refractivity contribution is -0.137. The molecule has 1 aliphatic heterocycles. The highest BCUT2D eigenvalue weighted by Crippen LogP contribution is 2.35. The van der Waals surface area contributed by atoms with Gasteiger partial charge in [-0.15, -0.1) is 0 Å². The molecule has 158 valence electrons. The second kappa shape index (κ2) is 8.00. The predicted octanol–water partition coefficient (Wildman–Crippen LogP) is 3.84. The van der Waals surface area contributed by atoms with Crippen LogP contribution in [0.1, 0.15) is 34.5 Å². The summed E-state index contributed by atoms with van der Waals surface area (Å²) in [6, 6.07) is 3.58. The number of hydrogen-bond acceptors (Lipinski definition) is 4. The first-order valence-corrected chi connectivity index (χ1v) is 10.5. The van der Waals surface area contributed by atoms with Gasteiger partial charge in [-0.05, 0) is 44.0 Å². The van der Waals surface area contributed by atoms with Gasteiger partial charge >= 0.3 is 6.18 Å². The van der Waals surface area contributed by atoms with Gasteiger partial charge in [0.05, 0.1) is 16.8 Å². The van der Waals surface area contributed by atoms with Crippen LogP contribution >= 0.6 is 11.6 Å². The van der Waals surface area contributed by atoms with Crippen LogP contribution in [0.3, 0.4) is 0 Å². The number of aryl methyl sites for hydroxylation is 1. The maximum absolute atomic E-state index is 12.9. The Morgan fingerprint density at radius 3 is 2.45 bits per heavy atom. The van der Waals surface area contributed by atoms with Crippen molar-refractivity contribution in [1.29, 1.82) is 0 Å². The lowest BCUT2D eigenvalue weighted by Gasteiger charge is -2.31. The number of hydrogen-bond donors (Lipinski definition) is 1. The normalized spacial score (nSPS) is 16.7. The zero-order chi connectivity index (χ0) is 21.4. The quantitative estimate of drug-likeness (QED) is 0.767. The Balaban J connectivity index is 1.70. The number of amides is 1. The van der Waals surface area contributed by atoms with Gasteiger partial charge in [-0.1, -0.05) is 11.6 Å². The largest absolute Gasteiger partial charge is 0.459 e. The Morgan fingerprint density at radius 1 is 1.24 bits per heavy atom. The van der Waals surface area contributed by atoms with E-state index in [1.54, 1.807) is 13.0 Å². The summed E-state index contributed by atoms with van der Waals surface area (Å²) in [4.78, 5) is 11.6. The maximum atomic E-state index is 12.9. The minimum Gasteiger partial charge on any atom is -0.459 e. The molecule has 6 nitrogen and oxygen atoms in total. The summed E-state index contributed by atoms with van der Waals surface area (Å²) < 4.78 is 70.7. The van der Waals surface area contributed by atoms with Gasteiger partial charge in [-0.25, -0.2) is 8.42 Å². The van der Waals surface area contributed by atoms with E-state index in [0.29, 0.717) is 24.5 Å². The molecule has 1 aromatic heterocycles. The molecule has 0 radical (unpaired) electrons. The van der Waals surface area contributed by atoms with Gasteiger partial charge in [-0.2, -0.15) is 17.5 Å². The third-order valence-electron chi connectivity index (χ3n) is 4.73. The van der Waals surface area contributed by atoms with Crippen LogP contribution in [0.2, 0.25) is 5.02 Å². The van der Waals surface area contributed by atoms with E-state index >= 15 is 0 Å². The first-order valence-electron chi connectivity index (χ1n) is 8.72. The average molecular weight is 451 g/mol. The van der Waals surface area contributed by atoms with Gasteiger partial charge < -0.3 is 9.73 Å². The number of furan rings is 1. The number of carbonyl (C=O) groups is 1. The zero-order valence-electron chi connectivity index (χ0n) is 15.3. The van der Waals surface area contributed by atoms with Crippen molar-refractivity contribution in [1.82, 2.24) is 9.62 Å². The fraction of sp³-hybridized carbons (Fsp3) is 0.389. The number of alkyl halides is 3. The Morgan fingerprint density at radius 2 is 1.90 bits per heavy atom. The average Bonchev–Trinajstić information content (AvgIpc) is 3.07. The van der Waals surface area contributed by atoms with Crippen LogP contribution in [0.15, 0.2) is 39.8 Å². The molecule has 11 heteroatoms. The van der Waals surface area contributed by atoms with Crippen molar-refractivity contribution in [2.24, 2.45) is 0 Å². The second-order valence-electron chi connectivity index (χ2n) is 6.73. The summed E-state index contributed by atoms with van der Waals surface area (Å²) >= 11 is 5.88. The number of sulfonamides is 1. The Labute approximate surface area is 170 Å². The van der Waals surface area contributed by atoms with E-state index < -0.39 is 32.6 Å². The van der Waals surface area contributed by atoms with E-state index in [1.165, 1.54) is 6.26 Å². The van der Waals surface area contributed by atoms with Gasteiger partial charge in [0.15, 0.2) is 5.76 Å². The van der Waals surface area contributed by atoms with Crippen LogP contribution in [0, 0.1) is 6.92 Å². The number of rotatable bonds is 4. The minimum absolute atomic E-state index is 0.0387. The summed E-state index contributed by atoms with van der Waals surface area (Å²) in [6.07, 6.45) is -2.67. The smallest absolute Gasteiger partial charge is 0.416 e. The molecule has 0 spiro atoms. The van der Waals surface area contributed by atoms with E-state index in [9.17, 15) is 26.4 Å². The molecule has 1 saturated heterocycles. The molecule has 0 unspecified atom stereocenters. The first kappa shape index (κ1) is 21.7. The maximum Gasteiger partial charge on any atom is 0.416 e. The molecular weight excluding hydrogens is 433 g/mol. The molecule has 1 aromatic carbocycles. The minimum atomic E-state index is -4.68. The van der Waals surface area contributed by atoms with Crippen molar-refractivity contribution in [3.05, 3.63) is 52.4 Å². The van der Waals surface area contributed by atoms with Crippen molar-refractivity contribution < 1.29 is 30.8 Å². The number of nitrogens with zero attached hydrogens (tertiary/aromatic N) is 1. The molecule has 3 rings (SSSR count). The second-order valence-corrected chi connectivity index (χ2v) is 9.04. The number of benzene rings is 1. The molecule has 2 heterocycles. The molecular formula is C18H18ClF3N2O4S. The van der Waals surface area contributed by atoms with E-state index in [-0.39, 0.29) is 29.9 Å². The van der Waals surface area contributed by atoms with Crippen LogP contribution < -0.4 is 5.32 Å². The van der Waals surface area contributed by atoms with Crippen LogP contribution in [0.25, 0.3) is 0 Å². The Bertz CT molecular complexity index is 1010. The van der Waals surface area contributed by atoms with Gasteiger partial charge in [0.1, 0.15) is 4.90 Å². The molecule has 0 aliphatic carbocycles. The van der Waals surface area contributed by atoms with Crippen LogP contribution in [-0.2, 0) is 16.2 Å². The van der Waals surface area contributed by atoms with Crippen LogP contribution in [0.4, 0.5) is 13.2 Å². The Hall–Kier alpha value is -2.04. The fourth-order valence-corrected chi connectivity index (χ4v) is 5.08. The zero-order valence-corrected chi connectivity index (χ0v) is 16.9. The topological polar surface area (TPSA) is 79.6 Å². The summed E-state index contributed by atoms with van der Waals surface area (Å²) in [6.45, 7) is 1.81. The van der Waals surface area contributed by atoms with Crippen LogP contribution in [0.5, 0.6) is 0 Å². The lowest BCUT2D eigenvalue weighted by atomic mass is 10.1. The van der Waals surface area contributed by atoms with Crippen LogP contribution in [-0.4, -0.2) is 37.8 Å². The van der Waals surface area contributed by atoms with Crippen molar-refractivity contribution in [3.63, 3.8) is 0 Å². The molecule has 1 fully saturated rings. The monoisotopic (exact) mass is 450 g/mol. The molecule has 0 atom stereocenters. The summed E-state index contributed by atoms with van der Waals surface area (Å²) in [5, 5.41) is 2.51. The van der Waals surface area contributed by atoms with Gasteiger partial charge in [-0.3, -0.25) is 4.79 Å². The molecule has 1 amide bonds. The van der Waals surface area contributed by atoms with Gasteiger partial charge in [0.25, 0.3) is 5.91 Å². The third kappa shape index (κ3) is 4.59. The fourth-order valence-electron chi connectivity index (χ4n) is 3.11. The summed E-state index contributed by atoms with van der Waals surface area (Å²) in [5.41, 5.74) is -0.404. The van der Waals surface area contributed by atoms with Gasteiger partial charge in [0.2, 0.25) is 10.0 Å². The highest BCUT2D eigenvalue weighted by molar-refractivity contribution is 7.89. The SMILES string of the molecule is Cc1ccoc1C(=O)NC1CCN(S(=O)(=O)c2cc(C(F)(F)F)ccc2Cl)CC1. The van der Waals surface area contributed by atoms with E-state index in [2.05, 4.69) is 5.32 Å².